The van der Waals surface area contributed by atoms with Gasteiger partial charge in [0, 0.05) is 11.8 Å². The summed E-state index contributed by atoms with van der Waals surface area (Å²) in [6, 6.07) is 4.88. The summed E-state index contributed by atoms with van der Waals surface area (Å²) in [4.78, 5) is 10.3. The fourth-order valence-corrected chi connectivity index (χ4v) is 2.26. The van der Waals surface area contributed by atoms with Gasteiger partial charge in [-0.25, -0.2) is 0 Å². The van der Waals surface area contributed by atoms with Crippen LogP contribution in [0.5, 0.6) is 0 Å². The highest BCUT2D eigenvalue weighted by Gasteiger charge is 2.13. The van der Waals surface area contributed by atoms with E-state index in [2.05, 4.69) is 21.2 Å². The Kier molecular flexibility index (Phi) is 4.19. The molecule has 18 heavy (non-hydrogen) atoms. The average molecular weight is 313 g/mol. The maximum absolute atomic E-state index is 10.7. The van der Waals surface area contributed by atoms with Crippen molar-refractivity contribution in [3.8, 4) is 0 Å². The first-order chi connectivity index (χ1) is 8.66. The summed E-state index contributed by atoms with van der Waals surface area (Å²) in [5, 5.41) is 13.9. The van der Waals surface area contributed by atoms with E-state index in [-0.39, 0.29) is 11.8 Å². The highest BCUT2D eigenvalue weighted by molar-refractivity contribution is 9.10. The molecule has 0 amide bonds. The number of nitrogens with zero attached hydrogens (tertiary/aromatic N) is 1. The molecule has 1 heterocycles. The lowest BCUT2D eigenvalue weighted by Crippen LogP contribution is -2.22. The van der Waals surface area contributed by atoms with Gasteiger partial charge in [-0.15, -0.1) is 0 Å². The molecule has 5 nitrogen and oxygen atoms in total. The number of nitro benzene ring substituents is 1. The Hall–Kier alpha value is -1.56. The highest BCUT2D eigenvalue weighted by atomic mass is 79.9. The second kappa shape index (κ2) is 5.86. The zero-order chi connectivity index (χ0) is 13.0. The molecule has 1 aliphatic rings. The molecule has 1 aromatic carbocycles. The molecule has 0 aliphatic carbocycles. The molecule has 6 heteroatoms. The first kappa shape index (κ1) is 12.9. The Labute approximate surface area is 113 Å². The van der Waals surface area contributed by atoms with Crippen molar-refractivity contribution in [2.24, 2.45) is 0 Å². The normalized spacial score (nSPS) is 18.2. The van der Waals surface area contributed by atoms with E-state index in [1.165, 1.54) is 6.07 Å². The van der Waals surface area contributed by atoms with Gasteiger partial charge in [0.05, 0.1) is 22.2 Å². The average Bonchev–Trinajstić information content (AvgIpc) is 2.37. The Morgan fingerprint density at radius 1 is 1.56 bits per heavy atom. The summed E-state index contributed by atoms with van der Waals surface area (Å²) in [6.45, 7) is 0.689. The minimum atomic E-state index is -0.414. The fourth-order valence-electron chi connectivity index (χ4n) is 1.73. The van der Waals surface area contributed by atoms with Crippen LogP contribution in [-0.2, 0) is 4.74 Å². The van der Waals surface area contributed by atoms with Gasteiger partial charge >= 0.3 is 0 Å². The van der Waals surface area contributed by atoms with Crippen LogP contribution >= 0.6 is 15.9 Å². The number of allylic oxidation sites excluding steroid dienone is 1. The van der Waals surface area contributed by atoms with Crippen LogP contribution in [0.2, 0.25) is 0 Å². The number of rotatable bonds is 4. The summed E-state index contributed by atoms with van der Waals surface area (Å²) in [7, 11) is 0. The third-order valence-corrected chi connectivity index (χ3v) is 3.34. The minimum Gasteiger partial charge on any atom is -0.497 e. The Morgan fingerprint density at radius 3 is 3.00 bits per heavy atom. The van der Waals surface area contributed by atoms with Gasteiger partial charge in [0.1, 0.15) is 6.10 Å². The molecule has 0 spiro atoms. The molecule has 0 bridgehead atoms. The quantitative estimate of drug-likeness (QED) is 0.683. The molecule has 2 rings (SSSR count). The fraction of sp³-hybridized carbons (Fsp3) is 0.333. The zero-order valence-corrected chi connectivity index (χ0v) is 11.2. The van der Waals surface area contributed by atoms with Crippen LogP contribution in [0.1, 0.15) is 12.8 Å². The topological polar surface area (TPSA) is 64.4 Å². The second-order valence-corrected chi connectivity index (χ2v) is 4.87. The maximum atomic E-state index is 10.7. The van der Waals surface area contributed by atoms with Gasteiger partial charge in [0.15, 0.2) is 0 Å². The number of anilines is 1. The van der Waals surface area contributed by atoms with Crippen LogP contribution in [0, 0.1) is 10.1 Å². The van der Waals surface area contributed by atoms with Crippen molar-refractivity contribution in [2.45, 2.75) is 18.9 Å². The van der Waals surface area contributed by atoms with E-state index >= 15 is 0 Å². The number of nitro groups is 1. The second-order valence-electron chi connectivity index (χ2n) is 4.01. The van der Waals surface area contributed by atoms with E-state index in [1.54, 1.807) is 18.4 Å². The molecule has 0 radical (unpaired) electrons. The van der Waals surface area contributed by atoms with E-state index in [9.17, 15) is 10.1 Å². The van der Waals surface area contributed by atoms with Crippen molar-refractivity contribution in [1.29, 1.82) is 0 Å². The molecule has 96 valence electrons. The summed E-state index contributed by atoms with van der Waals surface area (Å²) in [5.41, 5.74) is 0.906. The lowest BCUT2D eigenvalue weighted by molar-refractivity contribution is -0.385. The third kappa shape index (κ3) is 3.22. The number of hydrogen-bond acceptors (Lipinski definition) is 4. The van der Waals surface area contributed by atoms with Gasteiger partial charge in [0.2, 0.25) is 0 Å². The van der Waals surface area contributed by atoms with Crippen molar-refractivity contribution in [2.75, 3.05) is 11.9 Å². The molecule has 1 N–H and O–H groups in total. The molecule has 0 aromatic heterocycles. The van der Waals surface area contributed by atoms with Crippen LogP contribution < -0.4 is 5.32 Å². The summed E-state index contributed by atoms with van der Waals surface area (Å²) >= 11 is 3.19. The van der Waals surface area contributed by atoms with Crippen molar-refractivity contribution >= 4 is 27.3 Å². The largest absolute Gasteiger partial charge is 0.497 e. The predicted molar refractivity (Wildman–Crippen MR) is 72.5 cm³/mol. The molecule has 0 saturated carbocycles. The molecular weight excluding hydrogens is 300 g/mol. The van der Waals surface area contributed by atoms with Crippen molar-refractivity contribution in [1.82, 2.24) is 0 Å². The smallest absolute Gasteiger partial charge is 0.283 e. The Balaban J connectivity index is 1.95. The van der Waals surface area contributed by atoms with Crippen LogP contribution in [0.25, 0.3) is 0 Å². The molecule has 1 unspecified atom stereocenters. The Morgan fingerprint density at radius 2 is 2.39 bits per heavy atom. The number of benzene rings is 1. The molecular formula is C12H13BrN2O3. The van der Waals surface area contributed by atoms with Crippen molar-refractivity contribution < 1.29 is 9.66 Å². The highest BCUT2D eigenvalue weighted by Crippen LogP contribution is 2.27. The van der Waals surface area contributed by atoms with Crippen LogP contribution in [-0.4, -0.2) is 17.6 Å². The van der Waals surface area contributed by atoms with Gasteiger partial charge in [-0.1, -0.05) is 0 Å². The number of halogens is 1. The molecule has 1 aliphatic heterocycles. The zero-order valence-electron chi connectivity index (χ0n) is 9.64. The number of ether oxygens (including phenoxy) is 1. The van der Waals surface area contributed by atoms with Gasteiger partial charge < -0.3 is 10.1 Å². The first-order valence-electron chi connectivity index (χ1n) is 5.65. The van der Waals surface area contributed by atoms with Crippen molar-refractivity contribution in [3.63, 3.8) is 0 Å². The molecule has 0 fully saturated rings. The Bertz CT molecular complexity index is 476. The van der Waals surface area contributed by atoms with E-state index in [0.717, 1.165) is 18.5 Å². The number of nitrogens with one attached hydrogen (secondary N) is 1. The monoisotopic (exact) mass is 312 g/mol. The molecule has 1 aromatic rings. The van der Waals surface area contributed by atoms with E-state index < -0.39 is 4.92 Å². The van der Waals surface area contributed by atoms with Gasteiger partial charge in [-0.3, -0.25) is 10.1 Å². The van der Waals surface area contributed by atoms with Gasteiger partial charge in [-0.2, -0.15) is 0 Å². The van der Waals surface area contributed by atoms with E-state index in [0.29, 0.717) is 11.0 Å². The van der Waals surface area contributed by atoms with Crippen LogP contribution in [0.3, 0.4) is 0 Å². The maximum Gasteiger partial charge on any atom is 0.283 e. The summed E-state index contributed by atoms with van der Waals surface area (Å²) < 4.78 is 5.90. The van der Waals surface area contributed by atoms with Crippen molar-refractivity contribution in [3.05, 3.63) is 45.1 Å². The lowest BCUT2D eigenvalue weighted by Gasteiger charge is -2.20. The molecule has 0 saturated heterocycles. The SMILES string of the molecule is O=[N+]([O-])c1ccc(NCC2CCC=CO2)cc1Br. The summed E-state index contributed by atoms with van der Waals surface area (Å²) in [6.07, 6.45) is 5.89. The number of hydrogen-bond donors (Lipinski definition) is 1. The van der Waals surface area contributed by atoms with E-state index in [4.69, 9.17) is 4.74 Å². The van der Waals surface area contributed by atoms with E-state index in [1.807, 2.05) is 6.08 Å². The third-order valence-electron chi connectivity index (χ3n) is 2.70. The first-order valence-corrected chi connectivity index (χ1v) is 6.44. The summed E-state index contributed by atoms with van der Waals surface area (Å²) in [5.74, 6) is 0. The lowest BCUT2D eigenvalue weighted by atomic mass is 10.1. The van der Waals surface area contributed by atoms with Crippen LogP contribution in [0.4, 0.5) is 11.4 Å². The minimum absolute atomic E-state index is 0.0670. The molecule has 1 atom stereocenters. The van der Waals surface area contributed by atoms with Crippen LogP contribution in [0.15, 0.2) is 35.0 Å². The standard InChI is InChI=1S/C12H13BrN2O3/c13-11-7-9(4-5-12(11)15(16)17)14-8-10-3-1-2-6-18-10/h2,4-7,10,14H,1,3,8H2. The predicted octanol–water partition coefficient (Wildman–Crippen LogP) is 3.46. The van der Waals surface area contributed by atoms with Gasteiger partial charge in [-0.05, 0) is 47.0 Å². The van der Waals surface area contributed by atoms with Gasteiger partial charge in [0.25, 0.3) is 5.69 Å².